The molecule has 1 aliphatic rings. The van der Waals surface area contributed by atoms with Crippen LogP contribution in [-0.2, 0) is 0 Å². The number of piperazine rings is 1. The number of pyridine rings is 1. The van der Waals surface area contributed by atoms with Crippen molar-refractivity contribution in [3.63, 3.8) is 0 Å². The molecular weight excluding hydrogens is 302 g/mol. The zero-order chi connectivity index (χ0) is 15.5. The van der Waals surface area contributed by atoms with Crippen LogP contribution in [0.15, 0.2) is 48.8 Å². The average Bonchev–Trinajstić information content (AvgIpc) is 2.54. The summed E-state index contributed by atoms with van der Waals surface area (Å²) in [6.07, 6.45) is 2.68. The lowest BCUT2D eigenvalue weighted by atomic mass is 10.2. The van der Waals surface area contributed by atoms with Crippen LogP contribution in [0.25, 0.3) is 0 Å². The summed E-state index contributed by atoms with van der Waals surface area (Å²) >= 11 is 6.01. The van der Waals surface area contributed by atoms with Crippen LogP contribution in [0.5, 0.6) is 0 Å². The monoisotopic (exact) mass is 317 g/mol. The number of benzene rings is 1. The quantitative estimate of drug-likeness (QED) is 0.628. The molecule has 22 heavy (non-hydrogen) atoms. The molecule has 114 valence electrons. The molecule has 0 bridgehead atoms. The van der Waals surface area contributed by atoms with Gasteiger partial charge in [-0.05, 0) is 24.3 Å². The maximum atomic E-state index is 12.4. The van der Waals surface area contributed by atoms with E-state index < -0.39 is 0 Å². The van der Waals surface area contributed by atoms with Crippen LogP contribution >= 0.6 is 11.6 Å². The summed E-state index contributed by atoms with van der Waals surface area (Å²) in [6, 6.07) is 11.0. The molecule has 1 fully saturated rings. The van der Waals surface area contributed by atoms with E-state index in [0.717, 1.165) is 18.8 Å². The Kier molecular flexibility index (Phi) is 4.15. The van der Waals surface area contributed by atoms with Gasteiger partial charge < -0.3 is 15.0 Å². The fourth-order valence-corrected chi connectivity index (χ4v) is 2.79. The Labute approximate surface area is 133 Å². The van der Waals surface area contributed by atoms with Gasteiger partial charge in [-0.25, -0.2) is 0 Å². The number of halogens is 1. The first kappa shape index (κ1) is 14.7. The lowest BCUT2D eigenvalue weighted by molar-refractivity contribution is -0.605. The number of hydrogen-bond acceptors (Lipinski definition) is 3. The zero-order valence-corrected chi connectivity index (χ0v) is 12.7. The van der Waals surface area contributed by atoms with Crippen LogP contribution < -0.4 is 9.63 Å². The molecular formula is C16H16ClN3O2. The molecule has 0 atom stereocenters. The number of aromatic nitrogens is 1. The van der Waals surface area contributed by atoms with E-state index in [1.54, 1.807) is 17.0 Å². The minimum Gasteiger partial charge on any atom is -0.619 e. The highest BCUT2D eigenvalue weighted by Crippen LogP contribution is 2.21. The van der Waals surface area contributed by atoms with Crippen LogP contribution in [0.2, 0.25) is 5.02 Å². The summed E-state index contributed by atoms with van der Waals surface area (Å²) in [7, 11) is 0. The van der Waals surface area contributed by atoms with Crippen LogP contribution in [-0.4, -0.2) is 37.0 Å². The number of rotatable bonds is 2. The molecule has 0 N–H and O–H groups in total. The Bertz CT molecular complexity index is 685. The average molecular weight is 318 g/mol. The molecule has 0 radical (unpaired) electrons. The minimum atomic E-state index is -0.101. The van der Waals surface area contributed by atoms with E-state index in [1.165, 1.54) is 12.4 Å². The lowest BCUT2D eigenvalue weighted by Gasteiger charge is -2.36. The highest BCUT2D eigenvalue weighted by molar-refractivity contribution is 6.30. The first-order chi connectivity index (χ1) is 10.6. The van der Waals surface area contributed by atoms with E-state index >= 15 is 0 Å². The van der Waals surface area contributed by atoms with Gasteiger partial charge in [0.2, 0.25) is 0 Å². The maximum Gasteiger partial charge on any atom is 0.260 e. The molecule has 1 aromatic carbocycles. The van der Waals surface area contributed by atoms with Gasteiger partial charge in [-0.2, -0.15) is 4.73 Å². The molecule has 2 aromatic rings. The Hall–Kier alpha value is -2.27. The van der Waals surface area contributed by atoms with Gasteiger partial charge in [0.1, 0.15) is 5.56 Å². The van der Waals surface area contributed by atoms with Crippen molar-refractivity contribution >= 4 is 23.2 Å². The molecule has 0 aliphatic carbocycles. The number of nitrogens with zero attached hydrogens (tertiary/aromatic N) is 3. The van der Waals surface area contributed by atoms with E-state index in [9.17, 15) is 10.0 Å². The molecule has 0 unspecified atom stereocenters. The second-order valence-corrected chi connectivity index (χ2v) is 5.65. The van der Waals surface area contributed by atoms with Crippen molar-refractivity contribution in [1.29, 1.82) is 0 Å². The molecule has 1 aromatic heterocycles. The number of carbonyl (C=O) groups excluding carboxylic acids is 1. The molecule has 6 heteroatoms. The van der Waals surface area contributed by atoms with Gasteiger partial charge in [0.25, 0.3) is 5.91 Å². The summed E-state index contributed by atoms with van der Waals surface area (Å²) < 4.78 is 0.648. The number of carbonyl (C=O) groups is 1. The van der Waals surface area contributed by atoms with Crippen molar-refractivity contribution in [2.75, 3.05) is 31.1 Å². The highest BCUT2D eigenvalue weighted by Gasteiger charge is 2.23. The maximum absolute atomic E-state index is 12.4. The predicted molar refractivity (Wildman–Crippen MR) is 85.0 cm³/mol. The Morgan fingerprint density at radius 2 is 1.91 bits per heavy atom. The Balaban J connectivity index is 1.65. The molecule has 5 nitrogen and oxygen atoms in total. The van der Waals surface area contributed by atoms with Gasteiger partial charge in [0.05, 0.1) is 0 Å². The van der Waals surface area contributed by atoms with Crippen LogP contribution in [0.3, 0.4) is 0 Å². The van der Waals surface area contributed by atoms with Gasteiger partial charge in [-0.1, -0.05) is 17.7 Å². The second-order valence-electron chi connectivity index (χ2n) is 5.21. The summed E-state index contributed by atoms with van der Waals surface area (Å²) in [5, 5.41) is 12.0. The van der Waals surface area contributed by atoms with Crippen molar-refractivity contribution in [3.05, 3.63) is 64.6 Å². The van der Waals surface area contributed by atoms with Gasteiger partial charge in [0, 0.05) is 43.0 Å². The van der Waals surface area contributed by atoms with E-state index in [0.29, 0.717) is 28.4 Å². The molecule has 1 amide bonds. The van der Waals surface area contributed by atoms with Crippen molar-refractivity contribution in [2.24, 2.45) is 0 Å². The molecule has 3 rings (SSSR count). The number of amides is 1. The van der Waals surface area contributed by atoms with E-state index in [2.05, 4.69) is 4.90 Å². The summed E-state index contributed by atoms with van der Waals surface area (Å²) in [5.74, 6) is -0.101. The summed E-state index contributed by atoms with van der Waals surface area (Å²) in [4.78, 5) is 16.4. The molecule has 2 heterocycles. The van der Waals surface area contributed by atoms with Crippen molar-refractivity contribution in [1.82, 2.24) is 4.90 Å². The fraction of sp³-hybridized carbons (Fsp3) is 0.250. The van der Waals surface area contributed by atoms with Crippen molar-refractivity contribution in [3.8, 4) is 0 Å². The lowest BCUT2D eigenvalue weighted by Crippen LogP contribution is -2.49. The standard InChI is InChI=1S/C16H16ClN3O2/c17-14-4-1-5-15(11-14)18-7-9-19(10-8-18)16(21)13-3-2-6-20(22)12-13/h1-6,11-12H,7-10H2. The third kappa shape index (κ3) is 3.14. The Morgan fingerprint density at radius 1 is 1.14 bits per heavy atom. The van der Waals surface area contributed by atoms with E-state index in [1.807, 2.05) is 24.3 Å². The van der Waals surface area contributed by atoms with E-state index in [-0.39, 0.29) is 5.91 Å². The second kappa shape index (κ2) is 6.23. The van der Waals surface area contributed by atoms with Gasteiger partial charge in [-0.3, -0.25) is 4.79 Å². The zero-order valence-electron chi connectivity index (χ0n) is 12.0. The molecule has 0 saturated carbocycles. The minimum absolute atomic E-state index is 0.101. The normalized spacial score (nSPS) is 15.0. The first-order valence-electron chi connectivity index (χ1n) is 7.12. The molecule has 1 saturated heterocycles. The topological polar surface area (TPSA) is 50.5 Å². The predicted octanol–water partition coefficient (Wildman–Crippen LogP) is 1.94. The molecule has 1 aliphatic heterocycles. The number of hydrogen-bond donors (Lipinski definition) is 0. The largest absolute Gasteiger partial charge is 0.619 e. The van der Waals surface area contributed by atoms with E-state index in [4.69, 9.17) is 11.6 Å². The van der Waals surface area contributed by atoms with Gasteiger partial charge in [0.15, 0.2) is 12.4 Å². The summed E-state index contributed by atoms with van der Waals surface area (Å²) in [6.45, 7) is 2.74. The first-order valence-corrected chi connectivity index (χ1v) is 7.50. The van der Waals surface area contributed by atoms with Crippen molar-refractivity contribution in [2.45, 2.75) is 0 Å². The molecule has 0 spiro atoms. The highest BCUT2D eigenvalue weighted by atomic mass is 35.5. The third-order valence-electron chi connectivity index (χ3n) is 3.76. The summed E-state index contributed by atoms with van der Waals surface area (Å²) in [5.41, 5.74) is 1.49. The van der Waals surface area contributed by atoms with Crippen LogP contribution in [0, 0.1) is 5.21 Å². The smallest absolute Gasteiger partial charge is 0.260 e. The fourth-order valence-electron chi connectivity index (χ4n) is 2.60. The van der Waals surface area contributed by atoms with Gasteiger partial charge in [-0.15, -0.1) is 0 Å². The van der Waals surface area contributed by atoms with Crippen molar-refractivity contribution < 1.29 is 9.52 Å². The Morgan fingerprint density at radius 3 is 2.59 bits per heavy atom. The van der Waals surface area contributed by atoms with Crippen LogP contribution in [0.1, 0.15) is 10.4 Å². The third-order valence-corrected chi connectivity index (χ3v) is 4.00. The van der Waals surface area contributed by atoms with Gasteiger partial charge >= 0.3 is 0 Å². The SMILES string of the molecule is O=C(c1ccc[n+]([O-])c1)N1CCN(c2cccc(Cl)c2)CC1. The van der Waals surface area contributed by atoms with Crippen LogP contribution in [0.4, 0.5) is 5.69 Å². The number of anilines is 1.